The Morgan fingerprint density at radius 3 is 2.31 bits per heavy atom. The second-order valence-corrected chi connectivity index (χ2v) is 6.54. The zero-order valence-electron chi connectivity index (χ0n) is 15.3. The van der Waals surface area contributed by atoms with Crippen LogP contribution in [0.25, 0.3) is 22.4 Å². The van der Waals surface area contributed by atoms with E-state index in [1.807, 2.05) is 58.3 Å². The maximum Gasteiger partial charge on any atom is 0.262 e. The van der Waals surface area contributed by atoms with Crippen molar-refractivity contribution >= 4 is 10.9 Å². The van der Waals surface area contributed by atoms with Crippen molar-refractivity contribution < 1.29 is 0 Å². The number of fused-ring (bicyclic) bond motifs is 1. The van der Waals surface area contributed by atoms with E-state index in [0.717, 1.165) is 17.1 Å². The summed E-state index contributed by atoms with van der Waals surface area (Å²) in [7, 11) is 3.77. The van der Waals surface area contributed by atoms with Crippen molar-refractivity contribution in [1.82, 2.24) is 29.1 Å². The number of benzene rings is 1. The summed E-state index contributed by atoms with van der Waals surface area (Å²) >= 11 is 0. The third kappa shape index (κ3) is 2.61. The molecular formula is C19H20N6O. The van der Waals surface area contributed by atoms with E-state index in [9.17, 15) is 4.79 Å². The van der Waals surface area contributed by atoms with E-state index >= 15 is 0 Å². The molecule has 7 heteroatoms. The fourth-order valence-corrected chi connectivity index (χ4v) is 3.05. The largest absolute Gasteiger partial charge is 0.285 e. The predicted octanol–water partition coefficient (Wildman–Crippen LogP) is 2.20. The van der Waals surface area contributed by atoms with E-state index in [4.69, 9.17) is 4.98 Å². The van der Waals surface area contributed by atoms with Crippen molar-refractivity contribution in [1.29, 1.82) is 0 Å². The van der Waals surface area contributed by atoms with Crippen LogP contribution in [0.15, 0.2) is 41.2 Å². The van der Waals surface area contributed by atoms with Gasteiger partial charge in [0.1, 0.15) is 5.69 Å². The highest BCUT2D eigenvalue weighted by Crippen LogP contribution is 2.19. The zero-order chi connectivity index (χ0) is 18.4. The van der Waals surface area contributed by atoms with Crippen molar-refractivity contribution in [2.24, 2.45) is 14.1 Å². The monoisotopic (exact) mass is 348 g/mol. The fraction of sp³-hybridized carbons (Fsp3) is 0.263. The molecule has 7 nitrogen and oxygen atoms in total. The summed E-state index contributed by atoms with van der Waals surface area (Å²) in [5, 5.41) is 9.60. The lowest BCUT2D eigenvalue weighted by atomic mass is 10.2. The van der Waals surface area contributed by atoms with E-state index in [2.05, 4.69) is 10.2 Å². The Bertz CT molecular complexity index is 1140. The van der Waals surface area contributed by atoms with Gasteiger partial charge in [-0.15, -0.1) is 0 Å². The van der Waals surface area contributed by atoms with E-state index in [1.165, 1.54) is 0 Å². The number of hydrogen-bond acceptors (Lipinski definition) is 4. The standard InChI is InChI=1S/C19H20N6O/c1-12-9-14(21-23(12)3)11-25-18(17-10-13(2)24(4)22-17)20-16-8-6-5-7-15(16)19(25)26/h5-10H,11H2,1-4H3. The van der Waals surface area contributed by atoms with Gasteiger partial charge in [-0.25, -0.2) is 4.98 Å². The predicted molar refractivity (Wildman–Crippen MR) is 100.0 cm³/mol. The van der Waals surface area contributed by atoms with Crippen LogP contribution in [0, 0.1) is 13.8 Å². The first-order valence-electron chi connectivity index (χ1n) is 8.44. The summed E-state index contributed by atoms with van der Waals surface area (Å²) in [4.78, 5) is 17.9. The van der Waals surface area contributed by atoms with Gasteiger partial charge >= 0.3 is 0 Å². The highest BCUT2D eigenvalue weighted by molar-refractivity contribution is 5.79. The van der Waals surface area contributed by atoms with Gasteiger partial charge in [-0.05, 0) is 38.1 Å². The van der Waals surface area contributed by atoms with Crippen LogP contribution >= 0.6 is 0 Å². The molecule has 0 aliphatic heterocycles. The van der Waals surface area contributed by atoms with Gasteiger partial charge in [0.05, 0.1) is 23.1 Å². The summed E-state index contributed by atoms with van der Waals surface area (Å²) in [6.07, 6.45) is 0. The number of rotatable bonds is 3. The lowest BCUT2D eigenvalue weighted by molar-refractivity contribution is 0.680. The Morgan fingerprint density at radius 1 is 0.962 bits per heavy atom. The van der Waals surface area contributed by atoms with E-state index in [0.29, 0.717) is 29.0 Å². The highest BCUT2D eigenvalue weighted by atomic mass is 16.1. The van der Waals surface area contributed by atoms with Crippen LogP contribution in [0.2, 0.25) is 0 Å². The van der Waals surface area contributed by atoms with Gasteiger partial charge in [-0.1, -0.05) is 12.1 Å². The molecule has 0 radical (unpaired) electrons. The van der Waals surface area contributed by atoms with Crippen LogP contribution < -0.4 is 5.56 Å². The molecule has 4 rings (SSSR count). The molecule has 4 aromatic rings. The number of aryl methyl sites for hydroxylation is 4. The van der Waals surface area contributed by atoms with Gasteiger partial charge in [0.25, 0.3) is 5.56 Å². The molecule has 0 spiro atoms. The molecule has 0 aliphatic carbocycles. The Balaban J connectivity index is 1.97. The highest BCUT2D eigenvalue weighted by Gasteiger charge is 2.17. The van der Waals surface area contributed by atoms with Crippen molar-refractivity contribution in [3.05, 3.63) is 63.8 Å². The topological polar surface area (TPSA) is 70.5 Å². The maximum absolute atomic E-state index is 13.2. The zero-order valence-corrected chi connectivity index (χ0v) is 15.3. The molecule has 0 aliphatic rings. The first-order valence-corrected chi connectivity index (χ1v) is 8.44. The summed E-state index contributed by atoms with van der Waals surface area (Å²) < 4.78 is 5.25. The van der Waals surface area contributed by atoms with Gasteiger partial charge in [0.15, 0.2) is 5.82 Å². The van der Waals surface area contributed by atoms with Gasteiger partial charge in [0, 0.05) is 25.5 Å². The van der Waals surface area contributed by atoms with Crippen LogP contribution in [0.4, 0.5) is 0 Å². The Labute approximate surface area is 150 Å². The molecule has 0 bridgehead atoms. The molecular weight excluding hydrogens is 328 g/mol. The lowest BCUT2D eigenvalue weighted by Crippen LogP contribution is -2.24. The summed E-state index contributed by atoms with van der Waals surface area (Å²) in [6.45, 7) is 4.31. The average Bonchev–Trinajstić information content (AvgIpc) is 3.11. The van der Waals surface area contributed by atoms with Crippen molar-refractivity contribution in [2.45, 2.75) is 20.4 Å². The average molecular weight is 348 g/mol. The Hall–Kier alpha value is -3.22. The minimum atomic E-state index is -0.0859. The van der Waals surface area contributed by atoms with Crippen LogP contribution in [0.5, 0.6) is 0 Å². The molecule has 0 fully saturated rings. The quantitative estimate of drug-likeness (QED) is 0.569. The van der Waals surface area contributed by atoms with Crippen LogP contribution in [0.3, 0.4) is 0 Å². The van der Waals surface area contributed by atoms with Crippen molar-refractivity contribution in [3.8, 4) is 11.5 Å². The van der Waals surface area contributed by atoms with Crippen LogP contribution in [0.1, 0.15) is 17.1 Å². The van der Waals surface area contributed by atoms with Crippen molar-refractivity contribution in [2.75, 3.05) is 0 Å². The number of para-hydroxylation sites is 1. The molecule has 0 saturated heterocycles. The third-order valence-corrected chi connectivity index (χ3v) is 4.69. The SMILES string of the molecule is Cc1cc(Cn2c(-c3cc(C)n(C)n3)nc3ccccc3c2=O)nn1C. The molecule has 0 atom stereocenters. The summed E-state index contributed by atoms with van der Waals surface area (Å²) in [5.41, 5.74) is 4.12. The van der Waals surface area contributed by atoms with E-state index < -0.39 is 0 Å². The minimum Gasteiger partial charge on any atom is -0.285 e. The molecule has 3 aromatic heterocycles. The second kappa shape index (κ2) is 5.94. The summed E-state index contributed by atoms with van der Waals surface area (Å²) in [5.74, 6) is 0.556. The fourth-order valence-electron chi connectivity index (χ4n) is 3.05. The molecule has 3 heterocycles. The van der Waals surface area contributed by atoms with E-state index in [-0.39, 0.29) is 5.56 Å². The second-order valence-electron chi connectivity index (χ2n) is 6.54. The van der Waals surface area contributed by atoms with Crippen LogP contribution in [-0.4, -0.2) is 29.1 Å². The number of aromatic nitrogens is 6. The lowest BCUT2D eigenvalue weighted by Gasteiger charge is -2.11. The van der Waals surface area contributed by atoms with Gasteiger partial charge < -0.3 is 0 Å². The molecule has 1 aromatic carbocycles. The molecule has 0 N–H and O–H groups in total. The molecule has 0 saturated carbocycles. The van der Waals surface area contributed by atoms with Crippen molar-refractivity contribution in [3.63, 3.8) is 0 Å². The van der Waals surface area contributed by atoms with Gasteiger partial charge in [-0.2, -0.15) is 10.2 Å². The first-order chi connectivity index (χ1) is 12.4. The molecule has 0 amide bonds. The normalized spacial score (nSPS) is 11.4. The third-order valence-electron chi connectivity index (χ3n) is 4.69. The summed E-state index contributed by atoms with van der Waals surface area (Å²) in [6, 6.07) is 11.3. The van der Waals surface area contributed by atoms with E-state index in [1.54, 1.807) is 20.0 Å². The maximum atomic E-state index is 13.2. The van der Waals surface area contributed by atoms with Gasteiger partial charge in [-0.3, -0.25) is 18.7 Å². The first kappa shape index (κ1) is 16.3. The Kier molecular flexibility index (Phi) is 3.72. The molecule has 26 heavy (non-hydrogen) atoms. The Morgan fingerprint density at radius 2 is 1.65 bits per heavy atom. The van der Waals surface area contributed by atoms with Gasteiger partial charge in [0.2, 0.25) is 0 Å². The molecule has 132 valence electrons. The smallest absolute Gasteiger partial charge is 0.262 e. The molecule has 0 unspecified atom stereocenters. The minimum absolute atomic E-state index is 0.0859. The van der Waals surface area contributed by atoms with Crippen LogP contribution in [-0.2, 0) is 20.6 Å². The number of hydrogen-bond donors (Lipinski definition) is 0. The number of nitrogens with zero attached hydrogens (tertiary/aromatic N) is 6.